The Balaban J connectivity index is 1.27. The molecule has 2 aromatic rings. The molecule has 0 aromatic heterocycles. The van der Waals surface area contributed by atoms with E-state index in [4.69, 9.17) is 18.9 Å². The Morgan fingerprint density at radius 3 is 2.62 bits per heavy atom. The summed E-state index contributed by atoms with van der Waals surface area (Å²) in [5, 5.41) is 0. The van der Waals surface area contributed by atoms with Crippen molar-refractivity contribution in [2.24, 2.45) is 0 Å². The Hall–Kier alpha value is -3.19. The fourth-order valence-corrected chi connectivity index (χ4v) is 4.00. The maximum atomic E-state index is 12.8. The van der Waals surface area contributed by atoms with Crippen LogP contribution in [-0.4, -0.2) is 63.4 Å². The topological polar surface area (TPSA) is 60.5 Å². The summed E-state index contributed by atoms with van der Waals surface area (Å²) in [6.07, 6.45) is 6.05. The number of likely N-dealkylation sites (N-methyl/N-ethyl adjacent to an activating group) is 1. The molecule has 0 aliphatic carbocycles. The van der Waals surface area contributed by atoms with Crippen molar-refractivity contribution in [3.05, 3.63) is 53.2 Å². The van der Waals surface area contributed by atoms with Crippen LogP contribution in [-0.2, 0) is 17.6 Å². The smallest absolute Gasteiger partial charge is 0.231 e. The monoisotopic (exact) mass is 438 g/mol. The van der Waals surface area contributed by atoms with Crippen molar-refractivity contribution in [1.82, 2.24) is 9.80 Å². The lowest BCUT2D eigenvalue weighted by atomic mass is 10.0. The third kappa shape index (κ3) is 4.99. The minimum Gasteiger partial charge on any atom is -0.493 e. The van der Waals surface area contributed by atoms with Crippen molar-refractivity contribution in [1.29, 1.82) is 0 Å². The molecule has 0 bridgehead atoms. The molecule has 0 saturated heterocycles. The quantitative estimate of drug-likeness (QED) is 0.599. The number of amides is 1. The van der Waals surface area contributed by atoms with E-state index in [9.17, 15) is 4.79 Å². The summed E-state index contributed by atoms with van der Waals surface area (Å²) in [6.45, 7) is 2.84. The van der Waals surface area contributed by atoms with Crippen LogP contribution in [0.3, 0.4) is 0 Å². The Kier molecular flexibility index (Phi) is 6.85. The van der Waals surface area contributed by atoms with Gasteiger partial charge >= 0.3 is 0 Å². The van der Waals surface area contributed by atoms with Gasteiger partial charge in [0.15, 0.2) is 23.0 Å². The maximum absolute atomic E-state index is 12.8. The normalized spacial score (nSPS) is 14.5. The number of ether oxygens (including phenoxy) is 4. The van der Waals surface area contributed by atoms with Crippen LogP contribution in [0.15, 0.2) is 36.5 Å². The Bertz CT molecular complexity index is 1000. The summed E-state index contributed by atoms with van der Waals surface area (Å²) in [5.74, 6) is 3.05. The summed E-state index contributed by atoms with van der Waals surface area (Å²) < 4.78 is 21.6. The SMILES string of the molecule is COc1cc2c(cc1OC)CC(=O)N(CCCN(C)CCc1ccc3c(c1)OCO3)C=C2. The predicted octanol–water partition coefficient (Wildman–Crippen LogP) is 3.35. The second-order valence-electron chi connectivity index (χ2n) is 8.08. The van der Waals surface area contributed by atoms with Crippen molar-refractivity contribution in [2.45, 2.75) is 19.3 Å². The molecule has 170 valence electrons. The van der Waals surface area contributed by atoms with E-state index in [1.54, 1.807) is 14.2 Å². The van der Waals surface area contributed by atoms with Gasteiger partial charge in [-0.05, 0) is 73.5 Å². The minimum absolute atomic E-state index is 0.0928. The first kappa shape index (κ1) is 22.0. The Morgan fingerprint density at radius 2 is 1.81 bits per heavy atom. The molecule has 7 nitrogen and oxygen atoms in total. The predicted molar refractivity (Wildman–Crippen MR) is 122 cm³/mol. The molecule has 4 rings (SSSR count). The molecule has 32 heavy (non-hydrogen) atoms. The van der Waals surface area contributed by atoms with E-state index in [0.29, 0.717) is 31.3 Å². The molecule has 0 atom stereocenters. The minimum atomic E-state index is 0.0928. The molecule has 0 N–H and O–H groups in total. The van der Waals surface area contributed by atoms with Crippen molar-refractivity contribution in [3.63, 3.8) is 0 Å². The van der Waals surface area contributed by atoms with Crippen molar-refractivity contribution in [3.8, 4) is 23.0 Å². The van der Waals surface area contributed by atoms with Gasteiger partial charge in [-0.1, -0.05) is 6.07 Å². The number of fused-ring (bicyclic) bond motifs is 2. The molecule has 7 heteroatoms. The number of carbonyl (C=O) groups is 1. The van der Waals surface area contributed by atoms with E-state index in [2.05, 4.69) is 24.1 Å². The number of rotatable bonds is 9. The van der Waals surface area contributed by atoms with Crippen LogP contribution < -0.4 is 18.9 Å². The summed E-state index contributed by atoms with van der Waals surface area (Å²) in [5.41, 5.74) is 3.17. The van der Waals surface area contributed by atoms with Gasteiger partial charge in [-0.3, -0.25) is 4.79 Å². The van der Waals surface area contributed by atoms with Crippen LogP contribution in [0.4, 0.5) is 0 Å². The highest BCUT2D eigenvalue weighted by atomic mass is 16.7. The largest absolute Gasteiger partial charge is 0.493 e. The zero-order valence-corrected chi connectivity index (χ0v) is 18.9. The van der Waals surface area contributed by atoms with Crippen LogP contribution in [0.1, 0.15) is 23.1 Å². The van der Waals surface area contributed by atoms with Gasteiger partial charge in [-0.25, -0.2) is 0 Å². The third-order valence-corrected chi connectivity index (χ3v) is 5.90. The van der Waals surface area contributed by atoms with Gasteiger partial charge in [-0.15, -0.1) is 0 Å². The molecule has 0 spiro atoms. The molecule has 2 heterocycles. The number of methoxy groups -OCH3 is 2. The van der Waals surface area contributed by atoms with Crippen molar-refractivity contribution >= 4 is 12.0 Å². The van der Waals surface area contributed by atoms with E-state index in [-0.39, 0.29) is 5.91 Å². The van der Waals surface area contributed by atoms with E-state index in [1.165, 1.54) is 5.56 Å². The number of hydrogen-bond donors (Lipinski definition) is 0. The van der Waals surface area contributed by atoms with Gasteiger partial charge in [-0.2, -0.15) is 0 Å². The highest BCUT2D eigenvalue weighted by Gasteiger charge is 2.19. The second-order valence-corrected chi connectivity index (χ2v) is 8.08. The summed E-state index contributed by atoms with van der Waals surface area (Å²) in [4.78, 5) is 16.9. The molecule has 0 fully saturated rings. The van der Waals surface area contributed by atoms with Crippen LogP contribution in [0.25, 0.3) is 6.08 Å². The van der Waals surface area contributed by atoms with Gasteiger partial charge in [0.05, 0.1) is 20.6 Å². The van der Waals surface area contributed by atoms with Crippen LogP contribution >= 0.6 is 0 Å². The van der Waals surface area contributed by atoms with E-state index in [0.717, 1.165) is 48.6 Å². The number of hydrogen-bond acceptors (Lipinski definition) is 6. The fraction of sp³-hybridized carbons (Fsp3) is 0.400. The van der Waals surface area contributed by atoms with Gasteiger partial charge in [0, 0.05) is 19.3 Å². The number of nitrogens with zero attached hydrogens (tertiary/aromatic N) is 2. The van der Waals surface area contributed by atoms with Gasteiger partial charge in [0.1, 0.15) is 0 Å². The molecule has 0 saturated carbocycles. The second kappa shape index (κ2) is 9.96. The van der Waals surface area contributed by atoms with E-state index in [1.807, 2.05) is 35.4 Å². The lowest BCUT2D eigenvalue weighted by molar-refractivity contribution is -0.127. The third-order valence-electron chi connectivity index (χ3n) is 5.90. The van der Waals surface area contributed by atoms with E-state index < -0.39 is 0 Å². The average molecular weight is 439 g/mol. The molecular weight excluding hydrogens is 408 g/mol. The van der Waals surface area contributed by atoms with Crippen molar-refractivity contribution in [2.75, 3.05) is 47.7 Å². The summed E-state index contributed by atoms with van der Waals surface area (Å²) >= 11 is 0. The van der Waals surface area contributed by atoms with Crippen LogP contribution in [0, 0.1) is 0 Å². The van der Waals surface area contributed by atoms with Crippen LogP contribution in [0.2, 0.25) is 0 Å². The fourth-order valence-electron chi connectivity index (χ4n) is 4.00. The molecule has 2 aliphatic rings. The molecule has 0 unspecified atom stereocenters. The van der Waals surface area contributed by atoms with E-state index >= 15 is 0 Å². The molecule has 2 aromatic carbocycles. The number of carbonyl (C=O) groups excluding carboxylic acids is 1. The summed E-state index contributed by atoms with van der Waals surface area (Å²) in [7, 11) is 5.33. The summed E-state index contributed by atoms with van der Waals surface area (Å²) in [6, 6.07) is 9.93. The molecular formula is C25H30N2O5. The zero-order chi connectivity index (χ0) is 22.5. The molecule has 1 amide bonds. The average Bonchev–Trinajstić information content (AvgIpc) is 3.21. The lowest BCUT2D eigenvalue weighted by Crippen LogP contribution is -2.30. The Morgan fingerprint density at radius 1 is 1.03 bits per heavy atom. The first-order valence-corrected chi connectivity index (χ1v) is 10.9. The molecule has 2 aliphatic heterocycles. The van der Waals surface area contributed by atoms with Crippen molar-refractivity contribution < 1.29 is 23.7 Å². The Labute approximate surface area is 189 Å². The van der Waals surface area contributed by atoms with Gasteiger partial charge in [0.2, 0.25) is 12.7 Å². The highest BCUT2D eigenvalue weighted by Crippen LogP contribution is 2.33. The maximum Gasteiger partial charge on any atom is 0.231 e. The highest BCUT2D eigenvalue weighted by molar-refractivity contribution is 5.84. The lowest BCUT2D eigenvalue weighted by Gasteiger charge is -2.20. The molecule has 0 radical (unpaired) electrons. The van der Waals surface area contributed by atoms with Crippen LogP contribution in [0.5, 0.6) is 23.0 Å². The number of benzene rings is 2. The van der Waals surface area contributed by atoms with Gasteiger partial charge in [0.25, 0.3) is 0 Å². The van der Waals surface area contributed by atoms with Gasteiger partial charge < -0.3 is 28.7 Å². The standard InChI is InChI=1S/C25H30N2O5/c1-26(11-7-18-5-6-21-24(13-18)32-17-31-21)9-4-10-27-12-8-19-14-22(29-2)23(30-3)15-20(19)16-25(27)28/h5-6,8,12-15H,4,7,9-11,16-17H2,1-3H3. The first-order chi connectivity index (χ1) is 15.6. The first-order valence-electron chi connectivity index (χ1n) is 10.9. The zero-order valence-electron chi connectivity index (χ0n) is 18.9.